The number of thiazole rings is 1. The van der Waals surface area contributed by atoms with Gasteiger partial charge in [0.25, 0.3) is 0 Å². The highest BCUT2D eigenvalue weighted by Gasteiger charge is 2.19. The van der Waals surface area contributed by atoms with Gasteiger partial charge in [0, 0.05) is 29.7 Å². The second kappa shape index (κ2) is 6.50. The van der Waals surface area contributed by atoms with E-state index >= 15 is 0 Å². The molecule has 2 aromatic rings. The van der Waals surface area contributed by atoms with Crippen LogP contribution in [-0.4, -0.2) is 21.3 Å². The van der Waals surface area contributed by atoms with Gasteiger partial charge < -0.3 is 5.32 Å². The molecule has 0 bridgehead atoms. The Morgan fingerprint density at radius 2 is 2.32 bits per heavy atom. The van der Waals surface area contributed by atoms with Crippen molar-refractivity contribution in [2.75, 3.05) is 6.54 Å². The first-order valence-corrected chi connectivity index (χ1v) is 7.69. The zero-order chi connectivity index (χ0) is 13.8. The second-order valence-electron chi connectivity index (χ2n) is 4.59. The Hall–Kier alpha value is -0.910. The molecule has 0 aromatic carbocycles. The monoisotopic (exact) mass is 298 g/mol. The van der Waals surface area contributed by atoms with Crippen LogP contribution in [-0.2, 0) is 13.5 Å². The number of aromatic nitrogens is 3. The van der Waals surface area contributed by atoms with Gasteiger partial charge in [-0.15, -0.1) is 11.3 Å². The van der Waals surface area contributed by atoms with Crippen molar-refractivity contribution in [1.29, 1.82) is 0 Å². The van der Waals surface area contributed by atoms with Gasteiger partial charge in [0.05, 0.1) is 11.2 Å². The highest BCUT2D eigenvalue weighted by Crippen LogP contribution is 2.27. The number of hydrogen-bond acceptors (Lipinski definition) is 4. The Kier molecular flexibility index (Phi) is 4.96. The molecular weight excluding hydrogens is 280 g/mol. The number of rotatable bonds is 6. The van der Waals surface area contributed by atoms with E-state index in [-0.39, 0.29) is 6.04 Å². The van der Waals surface area contributed by atoms with Crippen LogP contribution in [0.15, 0.2) is 11.7 Å². The lowest BCUT2D eigenvalue weighted by molar-refractivity contribution is 0.535. The minimum atomic E-state index is 0.257. The zero-order valence-electron chi connectivity index (χ0n) is 11.5. The lowest BCUT2D eigenvalue weighted by Gasteiger charge is -2.16. The molecule has 2 aromatic heterocycles. The van der Waals surface area contributed by atoms with Crippen LogP contribution in [0.25, 0.3) is 0 Å². The molecule has 1 unspecified atom stereocenters. The molecule has 0 fully saturated rings. The van der Waals surface area contributed by atoms with Gasteiger partial charge in [-0.1, -0.05) is 18.5 Å². The fourth-order valence-electron chi connectivity index (χ4n) is 2.10. The van der Waals surface area contributed by atoms with E-state index in [4.69, 9.17) is 11.6 Å². The molecule has 0 amide bonds. The lowest BCUT2D eigenvalue weighted by atomic mass is 10.1. The SMILES string of the molecule is CCCNC(Cc1c(C)nn(C)c1Cl)c1cncs1. The topological polar surface area (TPSA) is 42.7 Å². The summed E-state index contributed by atoms with van der Waals surface area (Å²) in [5.41, 5.74) is 3.99. The number of hydrogen-bond donors (Lipinski definition) is 1. The summed E-state index contributed by atoms with van der Waals surface area (Å²) in [7, 11) is 1.88. The molecule has 1 N–H and O–H groups in total. The Balaban J connectivity index is 2.20. The third-order valence-corrected chi connectivity index (χ3v) is 4.48. The zero-order valence-corrected chi connectivity index (χ0v) is 13.1. The van der Waals surface area contributed by atoms with Gasteiger partial charge in [0.15, 0.2) is 0 Å². The minimum Gasteiger partial charge on any atom is -0.309 e. The van der Waals surface area contributed by atoms with Gasteiger partial charge in [0.1, 0.15) is 5.15 Å². The molecule has 104 valence electrons. The fourth-order valence-corrected chi connectivity index (χ4v) is 3.05. The summed E-state index contributed by atoms with van der Waals surface area (Å²) in [4.78, 5) is 5.41. The van der Waals surface area contributed by atoms with Crippen LogP contribution in [0.3, 0.4) is 0 Å². The van der Waals surface area contributed by atoms with Crippen molar-refractivity contribution >= 4 is 22.9 Å². The third-order valence-electron chi connectivity index (χ3n) is 3.11. The van der Waals surface area contributed by atoms with Crippen molar-refractivity contribution in [3.63, 3.8) is 0 Å². The van der Waals surface area contributed by atoms with Gasteiger partial charge >= 0.3 is 0 Å². The predicted molar refractivity (Wildman–Crippen MR) is 79.8 cm³/mol. The third kappa shape index (κ3) is 3.35. The van der Waals surface area contributed by atoms with E-state index in [0.717, 1.165) is 35.8 Å². The summed E-state index contributed by atoms with van der Waals surface area (Å²) in [5.74, 6) is 0. The standard InChI is InChI=1S/C13H19ClN4S/c1-4-5-16-11(12-7-15-8-19-12)6-10-9(2)17-18(3)13(10)14/h7-8,11,16H,4-6H2,1-3H3. The van der Waals surface area contributed by atoms with Crippen LogP contribution in [0.5, 0.6) is 0 Å². The van der Waals surface area contributed by atoms with Crippen LogP contribution >= 0.6 is 22.9 Å². The van der Waals surface area contributed by atoms with Crippen LogP contribution in [0.2, 0.25) is 5.15 Å². The summed E-state index contributed by atoms with van der Waals surface area (Å²) in [6, 6.07) is 0.257. The largest absolute Gasteiger partial charge is 0.309 e. The van der Waals surface area contributed by atoms with Gasteiger partial charge in [0.2, 0.25) is 0 Å². The smallest absolute Gasteiger partial charge is 0.130 e. The summed E-state index contributed by atoms with van der Waals surface area (Å²) >= 11 is 7.99. The maximum Gasteiger partial charge on any atom is 0.130 e. The van der Waals surface area contributed by atoms with E-state index in [9.17, 15) is 0 Å². The molecule has 0 spiro atoms. The molecule has 0 aliphatic carbocycles. The van der Waals surface area contributed by atoms with Gasteiger partial charge in [-0.05, 0) is 26.3 Å². The number of nitrogens with zero attached hydrogens (tertiary/aromatic N) is 3. The van der Waals surface area contributed by atoms with E-state index in [1.165, 1.54) is 4.88 Å². The first-order chi connectivity index (χ1) is 9.13. The van der Waals surface area contributed by atoms with Crippen molar-refractivity contribution in [3.05, 3.63) is 33.0 Å². The molecule has 19 heavy (non-hydrogen) atoms. The summed E-state index contributed by atoms with van der Waals surface area (Å²) in [6.45, 7) is 5.16. The Morgan fingerprint density at radius 3 is 2.84 bits per heavy atom. The normalized spacial score (nSPS) is 12.8. The maximum absolute atomic E-state index is 6.31. The van der Waals surface area contributed by atoms with E-state index in [1.54, 1.807) is 16.0 Å². The summed E-state index contributed by atoms with van der Waals surface area (Å²) in [6.07, 6.45) is 3.88. The molecule has 6 heteroatoms. The Labute approximate surface area is 122 Å². The van der Waals surface area contributed by atoms with Crippen molar-refractivity contribution in [3.8, 4) is 0 Å². The molecule has 1 atom stereocenters. The predicted octanol–water partition coefficient (Wildman–Crippen LogP) is 3.12. The van der Waals surface area contributed by atoms with E-state index in [0.29, 0.717) is 0 Å². The van der Waals surface area contributed by atoms with Crippen molar-refractivity contribution in [2.24, 2.45) is 7.05 Å². The lowest BCUT2D eigenvalue weighted by Crippen LogP contribution is -2.23. The van der Waals surface area contributed by atoms with Crippen molar-refractivity contribution < 1.29 is 0 Å². The first kappa shape index (κ1) is 14.5. The van der Waals surface area contributed by atoms with Crippen LogP contribution in [0.1, 0.15) is 35.5 Å². The van der Waals surface area contributed by atoms with E-state index in [1.807, 2.05) is 25.7 Å². The molecule has 2 rings (SSSR count). The van der Waals surface area contributed by atoms with Gasteiger partial charge in [-0.3, -0.25) is 9.67 Å². The van der Waals surface area contributed by atoms with Gasteiger partial charge in [-0.25, -0.2) is 0 Å². The molecular formula is C13H19ClN4S. The summed E-state index contributed by atoms with van der Waals surface area (Å²) in [5, 5.41) is 8.66. The molecule has 0 saturated heterocycles. The number of aryl methyl sites for hydroxylation is 2. The Bertz CT molecular complexity index is 521. The molecule has 0 radical (unpaired) electrons. The van der Waals surface area contributed by atoms with Crippen LogP contribution < -0.4 is 5.32 Å². The van der Waals surface area contributed by atoms with Crippen molar-refractivity contribution in [2.45, 2.75) is 32.7 Å². The minimum absolute atomic E-state index is 0.257. The van der Waals surface area contributed by atoms with Crippen molar-refractivity contribution in [1.82, 2.24) is 20.1 Å². The molecule has 0 aliphatic heterocycles. The average molecular weight is 299 g/mol. The fraction of sp³-hybridized carbons (Fsp3) is 0.538. The van der Waals surface area contributed by atoms with Crippen LogP contribution in [0.4, 0.5) is 0 Å². The Morgan fingerprint density at radius 1 is 1.53 bits per heavy atom. The maximum atomic E-state index is 6.31. The second-order valence-corrected chi connectivity index (χ2v) is 5.87. The number of halogens is 1. The quantitative estimate of drug-likeness (QED) is 0.891. The molecule has 0 saturated carbocycles. The molecule has 4 nitrogen and oxygen atoms in total. The summed E-state index contributed by atoms with van der Waals surface area (Å²) < 4.78 is 1.73. The number of nitrogens with one attached hydrogen (secondary N) is 1. The highest BCUT2D eigenvalue weighted by atomic mass is 35.5. The van der Waals surface area contributed by atoms with Crippen LogP contribution in [0, 0.1) is 6.92 Å². The van der Waals surface area contributed by atoms with E-state index < -0.39 is 0 Å². The molecule has 2 heterocycles. The van der Waals surface area contributed by atoms with E-state index in [2.05, 4.69) is 22.3 Å². The molecule has 0 aliphatic rings. The highest BCUT2D eigenvalue weighted by molar-refractivity contribution is 7.09. The average Bonchev–Trinajstić information content (AvgIpc) is 2.98. The first-order valence-electron chi connectivity index (χ1n) is 6.43. The van der Waals surface area contributed by atoms with Gasteiger partial charge in [-0.2, -0.15) is 5.10 Å².